The lowest BCUT2D eigenvalue weighted by atomic mass is 10.3. The highest BCUT2D eigenvalue weighted by atomic mass is 16.5. The largest absolute Gasteiger partial charge is 0.452 e. The Morgan fingerprint density at radius 1 is 1.70 bits per heavy atom. The molecule has 1 aliphatic rings. The first-order valence-corrected chi connectivity index (χ1v) is 3.58. The molecule has 0 atom stereocenters. The SMILES string of the molecule is COC(=O)[N]CCC1CC1. The summed E-state index contributed by atoms with van der Waals surface area (Å²) in [5.74, 6) is 0.841. The number of nitrogens with zero attached hydrogens (tertiary/aromatic N) is 1. The Kier molecular flexibility index (Phi) is 2.54. The first-order chi connectivity index (χ1) is 4.83. The van der Waals surface area contributed by atoms with Crippen LogP contribution in [0.2, 0.25) is 0 Å². The molecule has 0 aromatic rings. The van der Waals surface area contributed by atoms with Crippen molar-refractivity contribution in [2.75, 3.05) is 13.7 Å². The molecule has 0 aliphatic heterocycles. The van der Waals surface area contributed by atoms with Crippen molar-refractivity contribution in [1.29, 1.82) is 0 Å². The summed E-state index contributed by atoms with van der Waals surface area (Å²) < 4.78 is 4.35. The van der Waals surface area contributed by atoms with Crippen molar-refractivity contribution in [3.8, 4) is 0 Å². The zero-order chi connectivity index (χ0) is 7.40. The standard InChI is InChI=1S/C7H12NO2/c1-10-7(9)8-5-4-6-2-3-6/h6H,2-5H2,1H3. The van der Waals surface area contributed by atoms with Gasteiger partial charge in [0.1, 0.15) is 0 Å². The van der Waals surface area contributed by atoms with Gasteiger partial charge < -0.3 is 4.74 Å². The average Bonchev–Trinajstić information content (AvgIpc) is 2.71. The molecule has 0 aromatic carbocycles. The molecule has 0 aromatic heterocycles. The van der Waals surface area contributed by atoms with Gasteiger partial charge in [-0.25, -0.2) is 10.1 Å². The number of rotatable bonds is 3. The minimum Gasteiger partial charge on any atom is -0.452 e. The Hall–Kier alpha value is -0.730. The molecule has 0 saturated heterocycles. The van der Waals surface area contributed by atoms with E-state index in [-0.39, 0.29) is 0 Å². The summed E-state index contributed by atoms with van der Waals surface area (Å²) in [6, 6.07) is 0. The van der Waals surface area contributed by atoms with Crippen LogP contribution in [0.1, 0.15) is 19.3 Å². The van der Waals surface area contributed by atoms with Gasteiger partial charge in [0, 0.05) is 6.54 Å². The zero-order valence-electron chi connectivity index (χ0n) is 6.17. The van der Waals surface area contributed by atoms with Crippen LogP contribution in [0.5, 0.6) is 0 Å². The predicted molar refractivity (Wildman–Crippen MR) is 36.7 cm³/mol. The Labute approximate surface area is 60.7 Å². The van der Waals surface area contributed by atoms with Crippen molar-refractivity contribution in [1.82, 2.24) is 5.32 Å². The monoisotopic (exact) mass is 142 g/mol. The molecule has 1 saturated carbocycles. The molecule has 3 heteroatoms. The maximum Gasteiger partial charge on any atom is 0.428 e. The van der Waals surface area contributed by atoms with Gasteiger partial charge in [-0.15, -0.1) is 0 Å². The molecule has 57 valence electrons. The first kappa shape index (κ1) is 7.38. The van der Waals surface area contributed by atoms with E-state index in [0.717, 1.165) is 12.3 Å². The third kappa shape index (κ3) is 2.71. The summed E-state index contributed by atoms with van der Waals surface area (Å²) in [6.45, 7) is 0.636. The molecule has 1 rings (SSSR count). The fourth-order valence-electron chi connectivity index (χ4n) is 0.809. The smallest absolute Gasteiger partial charge is 0.428 e. The highest BCUT2D eigenvalue weighted by molar-refractivity contribution is 5.66. The molecule has 1 radical (unpaired) electrons. The molecule has 1 aliphatic carbocycles. The number of amides is 1. The molecule has 0 spiro atoms. The molecule has 3 nitrogen and oxygen atoms in total. The van der Waals surface area contributed by atoms with Gasteiger partial charge in [-0.05, 0) is 12.3 Å². The van der Waals surface area contributed by atoms with Crippen LogP contribution in [-0.4, -0.2) is 19.7 Å². The lowest BCUT2D eigenvalue weighted by molar-refractivity contribution is 0.169. The van der Waals surface area contributed by atoms with Gasteiger partial charge in [0.15, 0.2) is 0 Å². The molecule has 0 unspecified atom stereocenters. The van der Waals surface area contributed by atoms with Gasteiger partial charge in [0.2, 0.25) is 0 Å². The van der Waals surface area contributed by atoms with Crippen LogP contribution >= 0.6 is 0 Å². The highest BCUT2D eigenvalue weighted by Crippen LogP contribution is 2.31. The van der Waals surface area contributed by atoms with Gasteiger partial charge in [-0.1, -0.05) is 12.8 Å². The van der Waals surface area contributed by atoms with Gasteiger partial charge in [-0.2, -0.15) is 0 Å². The van der Waals surface area contributed by atoms with Crippen LogP contribution in [0.25, 0.3) is 0 Å². The summed E-state index contributed by atoms with van der Waals surface area (Å²) in [6.07, 6.45) is 3.24. The lowest BCUT2D eigenvalue weighted by Gasteiger charge is -1.97. The summed E-state index contributed by atoms with van der Waals surface area (Å²) >= 11 is 0. The van der Waals surface area contributed by atoms with E-state index < -0.39 is 6.09 Å². The average molecular weight is 142 g/mol. The van der Waals surface area contributed by atoms with Crippen molar-refractivity contribution < 1.29 is 9.53 Å². The van der Waals surface area contributed by atoms with Crippen LogP contribution in [0.4, 0.5) is 4.79 Å². The zero-order valence-corrected chi connectivity index (χ0v) is 6.17. The van der Waals surface area contributed by atoms with Gasteiger partial charge in [0.25, 0.3) is 0 Å². The molecule has 10 heavy (non-hydrogen) atoms. The summed E-state index contributed by atoms with van der Waals surface area (Å²) in [4.78, 5) is 10.4. The molecular weight excluding hydrogens is 130 g/mol. The second kappa shape index (κ2) is 3.44. The molecule has 1 amide bonds. The van der Waals surface area contributed by atoms with Crippen molar-refractivity contribution >= 4 is 6.09 Å². The maximum atomic E-state index is 10.4. The molecule has 1 fully saturated rings. The second-order valence-electron chi connectivity index (χ2n) is 2.58. The van der Waals surface area contributed by atoms with Gasteiger partial charge in [-0.3, -0.25) is 0 Å². The highest BCUT2D eigenvalue weighted by Gasteiger charge is 2.20. The topological polar surface area (TPSA) is 40.4 Å². The summed E-state index contributed by atoms with van der Waals surface area (Å²) in [5.41, 5.74) is 0. The van der Waals surface area contributed by atoms with E-state index >= 15 is 0 Å². The Bertz CT molecular complexity index is 121. The number of hydrogen-bond acceptors (Lipinski definition) is 2. The van der Waals surface area contributed by atoms with E-state index in [1.54, 1.807) is 0 Å². The number of carbonyl (C=O) groups excluding carboxylic acids is 1. The normalized spacial score (nSPS) is 16.5. The number of ether oxygens (including phenoxy) is 1. The quantitative estimate of drug-likeness (QED) is 0.593. The number of methoxy groups -OCH3 is 1. The van der Waals surface area contributed by atoms with E-state index in [9.17, 15) is 4.79 Å². The van der Waals surface area contributed by atoms with E-state index in [2.05, 4.69) is 10.1 Å². The molecular formula is C7H12NO2. The van der Waals surface area contributed by atoms with Crippen molar-refractivity contribution in [2.24, 2.45) is 5.92 Å². The lowest BCUT2D eigenvalue weighted by Crippen LogP contribution is -2.16. The van der Waals surface area contributed by atoms with Crippen LogP contribution in [0, 0.1) is 5.92 Å². The number of carbonyl (C=O) groups is 1. The Balaban J connectivity index is 1.88. The van der Waals surface area contributed by atoms with Crippen molar-refractivity contribution in [3.05, 3.63) is 0 Å². The maximum absolute atomic E-state index is 10.4. The third-order valence-electron chi connectivity index (χ3n) is 1.65. The minimum atomic E-state index is -0.444. The fraction of sp³-hybridized carbons (Fsp3) is 0.857. The molecule has 0 N–H and O–H groups in total. The third-order valence-corrected chi connectivity index (χ3v) is 1.65. The Morgan fingerprint density at radius 2 is 2.40 bits per heavy atom. The van der Waals surface area contributed by atoms with E-state index in [4.69, 9.17) is 0 Å². The predicted octanol–water partition coefficient (Wildman–Crippen LogP) is 1.16. The van der Waals surface area contributed by atoms with Gasteiger partial charge >= 0.3 is 6.09 Å². The van der Waals surface area contributed by atoms with Crippen molar-refractivity contribution in [2.45, 2.75) is 19.3 Å². The second-order valence-corrected chi connectivity index (χ2v) is 2.58. The van der Waals surface area contributed by atoms with Crippen LogP contribution in [0.15, 0.2) is 0 Å². The molecule has 0 heterocycles. The van der Waals surface area contributed by atoms with Crippen LogP contribution in [0.3, 0.4) is 0 Å². The van der Waals surface area contributed by atoms with Crippen LogP contribution < -0.4 is 5.32 Å². The molecule has 0 bridgehead atoms. The first-order valence-electron chi connectivity index (χ1n) is 3.58. The Morgan fingerprint density at radius 3 is 2.90 bits per heavy atom. The van der Waals surface area contributed by atoms with Gasteiger partial charge in [0.05, 0.1) is 7.11 Å². The van der Waals surface area contributed by atoms with E-state index in [0.29, 0.717) is 6.54 Å². The summed E-state index contributed by atoms with van der Waals surface area (Å²) in [5, 5.41) is 3.66. The number of hydrogen-bond donors (Lipinski definition) is 0. The summed E-state index contributed by atoms with van der Waals surface area (Å²) in [7, 11) is 1.35. The van der Waals surface area contributed by atoms with E-state index in [1.807, 2.05) is 0 Å². The van der Waals surface area contributed by atoms with Crippen LogP contribution in [-0.2, 0) is 4.74 Å². The van der Waals surface area contributed by atoms with Crippen molar-refractivity contribution in [3.63, 3.8) is 0 Å². The van der Waals surface area contributed by atoms with E-state index in [1.165, 1.54) is 20.0 Å². The minimum absolute atomic E-state index is 0.444. The fourth-order valence-corrected chi connectivity index (χ4v) is 0.809.